The van der Waals surface area contributed by atoms with Crippen molar-refractivity contribution in [3.05, 3.63) is 76.5 Å². The van der Waals surface area contributed by atoms with E-state index < -0.39 is 5.60 Å². The fourth-order valence-corrected chi connectivity index (χ4v) is 6.20. The molecule has 0 bridgehead atoms. The number of carbonyl (C=O) groups excluding carboxylic acids is 2. The Balaban J connectivity index is 1.26. The number of likely N-dealkylation sites (N-methyl/N-ethyl adjacent to an activating group) is 1. The SMILES string of the molecule is CN1CCc2c(cccc2Oc2nc3c(c(N4CCN(C(=O)OC(C)(C)C)CC4)n2)CCCN(C(=O)OCc2ccccc2)C3)C1. The molecule has 0 N–H and O–H groups in total. The molecule has 11 heteroatoms. The van der Waals surface area contributed by atoms with Gasteiger partial charge in [0.1, 0.15) is 23.8 Å². The Hall–Kier alpha value is -4.38. The van der Waals surface area contributed by atoms with Gasteiger partial charge in [0.15, 0.2) is 0 Å². The van der Waals surface area contributed by atoms with Gasteiger partial charge in [-0.05, 0) is 64.3 Å². The Labute approximate surface area is 271 Å². The van der Waals surface area contributed by atoms with Gasteiger partial charge in [-0.2, -0.15) is 9.97 Å². The van der Waals surface area contributed by atoms with Gasteiger partial charge in [0.05, 0.1) is 12.2 Å². The molecule has 4 heterocycles. The number of nitrogens with zero attached hydrogens (tertiary/aromatic N) is 6. The minimum atomic E-state index is -0.551. The fourth-order valence-electron chi connectivity index (χ4n) is 6.20. The van der Waals surface area contributed by atoms with Crippen LogP contribution in [0.1, 0.15) is 55.1 Å². The lowest BCUT2D eigenvalue weighted by Gasteiger charge is -2.37. The molecule has 0 aliphatic carbocycles. The molecule has 0 unspecified atom stereocenters. The number of piperazine rings is 1. The summed E-state index contributed by atoms with van der Waals surface area (Å²) >= 11 is 0. The first-order valence-electron chi connectivity index (χ1n) is 16.2. The van der Waals surface area contributed by atoms with Gasteiger partial charge in [0.2, 0.25) is 0 Å². The van der Waals surface area contributed by atoms with Gasteiger partial charge in [-0.1, -0.05) is 42.5 Å². The summed E-state index contributed by atoms with van der Waals surface area (Å²) < 4.78 is 17.8. The highest BCUT2D eigenvalue weighted by Crippen LogP contribution is 2.34. The molecule has 6 rings (SSSR count). The fraction of sp³-hybridized carbons (Fsp3) is 0.486. The summed E-state index contributed by atoms with van der Waals surface area (Å²) in [5, 5.41) is 0. The third-order valence-corrected chi connectivity index (χ3v) is 8.56. The molecule has 0 saturated carbocycles. The van der Waals surface area contributed by atoms with E-state index >= 15 is 0 Å². The highest BCUT2D eigenvalue weighted by molar-refractivity contribution is 5.69. The van der Waals surface area contributed by atoms with Crippen LogP contribution in [0.3, 0.4) is 0 Å². The topological polar surface area (TPSA) is 101 Å². The van der Waals surface area contributed by atoms with E-state index in [-0.39, 0.29) is 24.8 Å². The van der Waals surface area contributed by atoms with Gasteiger partial charge < -0.3 is 33.8 Å². The van der Waals surface area contributed by atoms with Gasteiger partial charge in [0, 0.05) is 56.9 Å². The molecule has 2 aromatic carbocycles. The molecule has 3 aromatic rings. The minimum Gasteiger partial charge on any atom is -0.445 e. The summed E-state index contributed by atoms with van der Waals surface area (Å²) in [7, 11) is 2.12. The maximum atomic E-state index is 13.2. The number of carbonyl (C=O) groups is 2. The van der Waals surface area contributed by atoms with Crippen LogP contribution in [0.2, 0.25) is 0 Å². The molecule has 3 aliphatic heterocycles. The van der Waals surface area contributed by atoms with E-state index in [0.29, 0.717) is 45.7 Å². The van der Waals surface area contributed by atoms with Crippen molar-refractivity contribution in [3.63, 3.8) is 0 Å². The van der Waals surface area contributed by atoms with Gasteiger partial charge in [-0.25, -0.2) is 9.59 Å². The number of hydrogen-bond acceptors (Lipinski definition) is 9. The highest BCUT2D eigenvalue weighted by Gasteiger charge is 2.31. The average Bonchev–Trinajstić information content (AvgIpc) is 3.26. The first-order valence-corrected chi connectivity index (χ1v) is 16.2. The lowest BCUT2D eigenvalue weighted by atomic mass is 9.99. The molecule has 3 aliphatic rings. The van der Waals surface area contributed by atoms with Gasteiger partial charge in [0.25, 0.3) is 0 Å². The first kappa shape index (κ1) is 31.6. The first-order chi connectivity index (χ1) is 22.1. The van der Waals surface area contributed by atoms with Crippen LogP contribution in [-0.4, -0.2) is 88.8 Å². The van der Waals surface area contributed by atoms with E-state index in [2.05, 4.69) is 22.9 Å². The minimum absolute atomic E-state index is 0.211. The maximum Gasteiger partial charge on any atom is 0.410 e. The molecular formula is C35H44N6O5. The zero-order chi connectivity index (χ0) is 32.3. The van der Waals surface area contributed by atoms with Crippen LogP contribution in [0.4, 0.5) is 15.4 Å². The molecule has 0 radical (unpaired) electrons. The van der Waals surface area contributed by atoms with Crippen molar-refractivity contribution < 1.29 is 23.8 Å². The lowest BCUT2D eigenvalue weighted by Crippen LogP contribution is -2.50. The largest absolute Gasteiger partial charge is 0.445 e. The van der Waals surface area contributed by atoms with E-state index in [1.54, 1.807) is 9.80 Å². The van der Waals surface area contributed by atoms with E-state index in [1.165, 1.54) is 11.1 Å². The Morgan fingerprint density at radius 3 is 2.35 bits per heavy atom. The number of hydrogen-bond donors (Lipinski definition) is 0. The lowest BCUT2D eigenvalue weighted by molar-refractivity contribution is 0.0240. The van der Waals surface area contributed by atoms with Crippen molar-refractivity contribution in [2.75, 3.05) is 51.2 Å². The Kier molecular flexibility index (Phi) is 9.30. The number of amides is 2. The van der Waals surface area contributed by atoms with E-state index in [1.807, 2.05) is 63.2 Å². The molecule has 0 spiro atoms. The second-order valence-electron chi connectivity index (χ2n) is 13.3. The number of ether oxygens (including phenoxy) is 3. The monoisotopic (exact) mass is 628 g/mol. The van der Waals surface area contributed by atoms with Crippen LogP contribution in [0.25, 0.3) is 0 Å². The molecule has 1 aromatic heterocycles. The molecule has 1 fully saturated rings. The van der Waals surface area contributed by atoms with Gasteiger partial charge in [-0.3, -0.25) is 0 Å². The molecular weight excluding hydrogens is 584 g/mol. The quantitative estimate of drug-likeness (QED) is 0.368. The smallest absolute Gasteiger partial charge is 0.410 e. The predicted octanol–water partition coefficient (Wildman–Crippen LogP) is 5.40. The second-order valence-corrected chi connectivity index (χ2v) is 13.3. The van der Waals surface area contributed by atoms with E-state index in [4.69, 9.17) is 24.2 Å². The zero-order valence-corrected chi connectivity index (χ0v) is 27.3. The van der Waals surface area contributed by atoms with Gasteiger partial charge in [-0.15, -0.1) is 0 Å². The summed E-state index contributed by atoms with van der Waals surface area (Å²) in [5.41, 5.74) is 4.57. The molecule has 2 amide bonds. The van der Waals surface area contributed by atoms with Crippen LogP contribution in [-0.2, 0) is 42.0 Å². The Bertz CT molecular complexity index is 1550. The second kappa shape index (κ2) is 13.5. The Morgan fingerprint density at radius 1 is 0.804 bits per heavy atom. The van der Waals surface area contributed by atoms with Crippen LogP contribution >= 0.6 is 0 Å². The molecule has 244 valence electrons. The van der Waals surface area contributed by atoms with E-state index in [9.17, 15) is 9.59 Å². The summed E-state index contributed by atoms with van der Waals surface area (Å²) in [6.45, 7) is 10.7. The number of fused-ring (bicyclic) bond motifs is 2. The van der Waals surface area contributed by atoms with Crippen LogP contribution in [0.15, 0.2) is 48.5 Å². The van der Waals surface area contributed by atoms with Crippen LogP contribution in [0.5, 0.6) is 11.8 Å². The Morgan fingerprint density at radius 2 is 1.59 bits per heavy atom. The number of aromatic nitrogens is 2. The van der Waals surface area contributed by atoms with Crippen molar-refractivity contribution >= 4 is 18.0 Å². The van der Waals surface area contributed by atoms with Crippen LogP contribution in [0, 0.1) is 0 Å². The van der Waals surface area contributed by atoms with Crippen LogP contribution < -0.4 is 9.64 Å². The number of benzene rings is 2. The summed E-state index contributed by atoms with van der Waals surface area (Å²) in [4.78, 5) is 43.9. The third-order valence-electron chi connectivity index (χ3n) is 8.56. The maximum absolute atomic E-state index is 13.2. The normalized spacial score (nSPS) is 17.1. The molecule has 1 saturated heterocycles. The van der Waals surface area contributed by atoms with Crippen molar-refractivity contribution in [2.45, 2.75) is 65.3 Å². The van der Waals surface area contributed by atoms with E-state index in [0.717, 1.165) is 54.3 Å². The third kappa shape index (κ3) is 7.52. The van der Waals surface area contributed by atoms with Crippen molar-refractivity contribution in [3.8, 4) is 11.8 Å². The standard InChI is InChI=1S/C35H44N6O5/c1-35(2,3)46-34(43)40-20-18-39(19-21-40)31-28-13-9-16-41(33(42)44-24-25-10-6-5-7-11-25)23-29(28)36-32(37-31)45-30-14-8-12-26-22-38(4)17-15-27(26)30/h5-8,10-12,14H,9,13,15-24H2,1-4H3. The molecule has 46 heavy (non-hydrogen) atoms. The molecule has 11 nitrogen and oxygen atoms in total. The molecule has 0 atom stereocenters. The van der Waals surface area contributed by atoms with Crippen molar-refractivity contribution in [1.29, 1.82) is 0 Å². The highest BCUT2D eigenvalue weighted by atomic mass is 16.6. The predicted molar refractivity (Wildman–Crippen MR) is 174 cm³/mol. The summed E-state index contributed by atoms with van der Waals surface area (Å²) in [6, 6.07) is 16.1. The van der Waals surface area contributed by atoms with Crippen molar-refractivity contribution in [1.82, 2.24) is 24.7 Å². The summed E-state index contributed by atoms with van der Waals surface area (Å²) in [6.07, 6.45) is 1.68. The average molecular weight is 629 g/mol. The van der Waals surface area contributed by atoms with Crippen molar-refractivity contribution in [2.24, 2.45) is 0 Å². The number of anilines is 1. The number of rotatable bonds is 5. The summed E-state index contributed by atoms with van der Waals surface area (Å²) in [5.74, 6) is 1.56. The zero-order valence-electron chi connectivity index (χ0n) is 27.3. The van der Waals surface area contributed by atoms with Gasteiger partial charge >= 0.3 is 18.2 Å².